The SMILES string of the molecule is COc1cc(CNC(=O)N(C)CC(C)O)ccc1C. The van der Waals surface area contributed by atoms with Crippen LogP contribution >= 0.6 is 0 Å². The van der Waals surface area contributed by atoms with Gasteiger partial charge in [-0.25, -0.2) is 4.79 Å². The van der Waals surface area contributed by atoms with Crippen LogP contribution in [-0.2, 0) is 6.54 Å². The average Bonchev–Trinajstić information content (AvgIpc) is 2.36. The standard InChI is InChI=1S/C14H22N2O3/c1-10-5-6-12(7-13(10)19-4)8-15-14(18)16(3)9-11(2)17/h5-7,11,17H,8-9H2,1-4H3,(H,15,18). The lowest BCUT2D eigenvalue weighted by atomic mass is 10.1. The molecule has 0 aliphatic rings. The Morgan fingerprint density at radius 1 is 1.53 bits per heavy atom. The molecule has 1 rings (SSSR count). The molecular weight excluding hydrogens is 244 g/mol. The molecule has 2 amide bonds. The number of ether oxygens (including phenoxy) is 1. The number of nitrogens with one attached hydrogen (secondary N) is 1. The molecule has 0 heterocycles. The number of rotatable bonds is 5. The van der Waals surface area contributed by atoms with E-state index >= 15 is 0 Å². The van der Waals surface area contributed by atoms with Gasteiger partial charge in [-0.1, -0.05) is 12.1 Å². The van der Waals surface area contributed by atoms with Crippen molar-refractivity contribution in [3.05, 3.63) is 29.3 Å². The van der Waals surface area contributed by atoms with Gasteiger partial charge < -0.3 is 20.1 Å². The monoisotopic (exact) mass is 266 g/mol. The van der Waals surface area contributed by atoms with Gasteiger partial charge in [0.15, 0.2) is 0 Å². The quantitative estimate of drug-likeness (QED) is 0.849. The number of carbonyl (C=O) groups is 1. The molecule has 0 saturated carbocycles. The summed E-state index contributed by atoms with van der Waals surface area (Å²) in [7, 11) is 3.28. The van der Waals surface area contributed by atoms with Gasteiger partial charge in [-0.2, -0.15) is 0 Å². The first-order chi connectivity index (χ1) is 8.93. The molecule has 106 valence electrons. The first-order valence-corrected chi connectivity index (χ1v) is 6.24. The molecule has 0 radical (unpaired) electrons. The Hall–Kier alpha value is -1.75. The number of amides is 2. The van der Waals surface area contributed by atoms with Crippen LogP contribution in [-0.4, -0.2) is 42.8 Å². The molecule has 5 nitrogen and oxygen atoms in total. The summed E-state index contributed by atoms with van der Waals surface area (Å²) in [5.41, 5.74) is 2.03. The number of aliphatic hydroxyl groups is 1. The second-order valence-corrected chi connectivity index (χ2v) is 4.69. The number of urea groups is 1. The van der Waals surface area contributed by atoms with Crippen LogP contribution in [0.5, 0.6) is 5.75 Å². The third kappa shape index (κ3) is 4.79. The Morgan fingerprint density at radius 3 is 2.79 bits per heavy atom. The van der Waals surface area contributed by atoms with E-state index < -0.39 is 6.10 Å². The van der Waals surface area contributed by atoms with Crippen molar-refractivity contribution in [1.29, 1.82) is 0 Å². The summed E-state index contributed by atoms with van der Waals surface area (Å²) < 4.78 is 5.24. The lowest BCUT2D eigenvalue weighted by Crippen LogP contribution is -2.40. The Kier molecular flexibility index (Phi) is 5.63. The van der Waals surface area contributed by atoms with Gasteiger partial charge in [0.25, 0.3) is 0 Å². The van der Waals surface area contributed by atoms with Crippen molar-refractivity contribution in [3.8, 4) is 5.75 Å². The number of benzene rings is 1. The summed E-state index contributed by atoms with van der Waals surface area (Å²) in [6.07, 6.45) is -0.532. The van der Waals surface area contributed by atoms with Crippen LogP contribution in [0.3, 0.4) is 0 Å². The first kappa shape index (κ1) is 15.3. The molecule has 0 bridgehead atoms. The topological polar surface area (TPSA) is 61.8 Å². The fraction of sp³-hybridized carbons (Fsp3) is 0.500. The summed E-state index contributed by atoms with van der Waals surface area (Å²) in [5, 5.41) is 12.0. The van der Waals surface area contributed by atoms with Crippen molar-refractivity contribution in [1.82, 2.24) is 10.2 Å². The van der Waals surface area contributed by atoms with E-state index in [1.165, 1.54) is 4.90 Å². The van der Waals surface area contributed by atoms with E-state index in [0.717, 1.165) is 16.9 Å². The van der Waals surface area contributed by atoms with Gasteiger partial charge in [0.2, 0.25) is 0 Å². The van der Waals surface area contributed by atoms with Gasteiger partial charge in [-0.15, -0.1) is 0 Å². The van der Waals surface area contributed by atoms with Crippen molar-refractivity contribution in [2.45, 2.75) is 26.5 Å². The lowest BCUT2D eigenvalue weighted by molar-refractivity contribution is 0.143. The summed E-state index contributed by atoms with van der Waals surface area (Å²) in [6, 6.07) is 5.61. The zero-order valence-corrected chi connectivity index (χ0v) is 11.9. The Labute approximate surface area is 114 Å². The number of aryl methyl sites for hydroxylation is 1. The molecule has 5 heteroatoms. The molecular formula is C14H22N2O3. The number of nitrogens with zero attached hydrogens (tertiary/aromatic N) is 1. The Bertz CT molecular complexity index is 433. The van der Waals surface area contributed by atoms with Crippen molar-refractivity contribution >= 4 is 6.03 Å². The van der Waals surface area contributed by atoms with Crippen molar-refractivity contribution < 1.29 is 14.6 Å². The molecule has 1 aromatic rings. The maximum Gasteiger partial charge on any atom is 0.317 e. The van der Waals surface area contributed by atoms with E-state index in [1.54, 1.807) is 21.1 Å². The molecule has 1 aromatic carbocycles. The minimum Gasteiger partial charge on any atom is -0.496 e. The highest BCUT2D eigenvalue weighted by molar-refractivity contribution is 5.73. The Morgan fingerprint density at radius 2 is 2.21 bits per heavy atom. The first-order valence-electron chi connectivity index (χ1n) is 6.24. The second-order valence-electron chi connectivity index (χ2n) is 4.69. The number of hydrogen-bond acceptors (Lipinski definition) is 3. The molecule has 2 N–H and O–H groups in total. The number of likely N-dealkylation sites (N-methyl/N-ethyl adjacent to an activating group) is 1. The van der Waals surface area contributed by atoms with Gasteiger partial charge in [0.05, 0.1) is 13.2 Å². The second kappa shape index (κ2) is 6.99. The molecule has 1 atom stereocenters. The van der Waals surface area contributed by atoms with Crippen LogP contribution in [0.15, 0.2) is 18.2 Å². The molecule has 0 fully saturated rings. The number of methoxy groups -OCH3 is 1. The molecule has 0 aliphatic heterocycles. The van der Waals surface area contributed by atoms with Gasteiger partial charge in [0.1, 0.15) is 5.75 Å². The highest BCUT2D eigenvalue weighted by Crippen LogP contribution is 2.18. The third-order valence-corrected chi connectivity index (χ3v) is 2.80. The van der Waals surface area contributed by atoms with Gasteiger partial charge in [-0.05, 0) is 31.0 Å². The molecule has 0 saturated heterocycles. The van der Waals surface area contributed by atoms with Crippen LogP contribution in [0.1, 0.15) is 18.1 Å². The molecule has 0 aliphatic carbocycles. The van der Waals surface area contributed by atoms with E-state index in [4.69, 9.17) is 4.74 Å². The molecule has 1 unspecified atom stereocenters. The van der Waals surface area contributed by atoms with E-state index in [1.807, 2.05) is 25.1 Å². The molecule has 19 heavy (non-hydrogen) atoms. The maximum absolute atomic E-state index is 11.7. The van der Waals surface area contributed by atoms with Crippen molar-refractivity contribution in [2.24, 2.45) is 0 Å². The average molecular weight is 266 g/mol. The summed E-state index contributed by atoms with van der Waals surface area (Å²) in [6.45, 7) is 4.36. The minimum absolute atomic E-state index is 0.208. The number of carbonyl (C=O) groups excluding carboxylic acids is 1. The van der Waals surface area contributed by atoms with Crippen LogP contribution in [0.4, 0.5) is 4.79 Å². The normalized spacial score (nSPS) is 11.8. The maximum atomic E-state index is 11.7. The van der Waals surface area contributed by atoms with Crippen LogP contribution < -0.4 is 10.1 Å². The van der Waals surface area contributed by atoms with E-state index in [9.17, 15) is 9.90 Å². The van der Waals surface area contributed by atoms with E-state index in [0.29, 0.717) is 13.1 Å². The predicted octanol–water partition coefficient (Wildman–Crippen LogP) is 1.53. The number of aliphatic hydroxyl groups excluding tert-OH is 1. The highest BCUT2D eigenvalue weighted by atomic mass is 16.5. The highest BCUT2D eigenvalue weighted by Gasteiger charge is 2.10. The van der Waals surface area contributed by atoms with Gasteiger partial charge in [0, 0.05) is 20.1 Å². The van der Waals surface area contributed by atoms with Crippen LogP contribution in [0.25, 0.3) is 0 Å². The van der Waals surface area contributed by atoms with Crippen molar-refractivity contribution in [3.63, 3.8) is 0 Å². The van der Waals surface area contributed by atoms with Crippen LogP contribution in [0, 0.1) is 6.92 Å². The van der Waals surface area contributed by atoms with Gasteiger partial charge in [-0.3, -0.25) is 0 Å². The summed E-state index contributed by atoms with van der Waals surface area (Å²) >= 11 is 0. The molecule has 0 aromatic heterocycles. The van der Waals surface area contributed by atoms with Crippen LogP contribution in [0.2, 0.25) is 0 Å². The largest absolute Gasteiger partial charge is 0.496 e. The molecule has 0 spiro atoms. The zero-order valence-electron chi connectivity index (χ0n) is 11.9. The minimum atomic E-state index is -0.532. The number of hydrogen-bond donors (Lipinski definition) is 2. The van der Waals surface area contributed by atoms with Gasteiger partial charge >= 0.3 is 6.03 Å². The smallest absolute Gasteiger partial charge is 0.317 e. The fourth-order valence-corrected chi connectivity index (χ4v) is 1.77. The summed E-state index contributed by atoms with van der Waals surface area (Å²) in [5.74, 6) is 0.809. The zero-order chi connectivity index (χ0) is 14.4. The van der Waals surface area contributed by atoms with E-state index in [2.05, 4.69) is 5.32 Å². The predicted molar refractivity (Wildman–Crippen MR) is 74.3 cm³/mol. The third-order valence-electron chi connectivity index (χ3n) is 2.80. The van der Waals surface area contributed by atoms with Crippen molar-refractivity contribution in [2.75, 3.05) is 20.7 Å². The van der Waals surface area contributed by atoms with E-state index in [-0.39, 0.29) is 6.03 Å². The Balaban J connectivity index is 2.54. The lowest BCUT2D eigenvalue weighted by Gasteiger charge is -2.19. The summed E-state index contributed by atoms with van der Waals surface area (Å²) in [4.78, 5) is 13.2. The fourth-order valence-electron chi connectivity index (χ4n) is 1.77.